The van der Waals surface area contributed by atoms with Crippen LogP contribution in [0, 0.1) is 5.92 Å². The van der Waals surface area contributed by atoms with Crippen LogP contribution in [0.3, 0.4) is 0 Å². The highest BCUT2D eigenvalue weighted by Crippen LogP contribution is 2.22. The van der Waals surface area contributed by atoms with Crippen molar-refractivity contribution in [2.24, 2.45) is 5.92 Å². The van der Waals surface area contributed by atoms with Crippen molar-refractivity contribution < 1.29 is 14.3 Å². The molecule has 0 saturated carbocycles. The Kier molecular flexibility index (Phi) is 6.26. The Labute approximate surface area is 128 Å². The first-order valence-corrected chi connectivity index (χ1v) is 6.39. The maximum absolute atomic E-state index is 11.9. The van der Waals surface area contributed by atoms with Crippen LogP contribution in [0.15, 0.2) is 18.2 Å². The third kappa shape index (κ3) is 3.85. The number of halogens is 2. The van der Waals surface area contributed by atoms with E-state index in [0.29, 0.717) is 12.2 Å². The van der Waals surface area contributed by atoms with Gasteiger partial charge in [-0.25, -0.2) is 4.79 Å². The van der Waals surface area contributed by atoms with Gasteiger partial charge in [0.1, 0.15) is 0 Å². The normalized spacial score (nSPS) is 17.2. The zero-order chi connectivity index (χ0) is 13.8. The highest BCUT2D eigenvalue weighted by molar-refractivity contribution is 6.34. The van der Waals surface area contributed by atoms with Gasteiger partial charge in [0.05, 0.1) is 23.6 Å². The van der Waals surface area contributed by atoms with Crippen LogP contribution in [0.4, 0.5) is 5.69 Å². The molecule has 2 N–H and O–H groups in total. The number of hydrogen-bond donors (Lipinski definition) is 2. The molecule has 1 fully saturated rings. The van der Waals surface area contributed by atoms with E-state index < -0.39 is 5.97 Å². The molecule has 2 rings (SSSR count). The van der Waals surface area contributed by atoms with Crippen LogP contribution in [-0.2, 0) is 9.53 Å². The number of amides is 1. The van der Waals surface area contributed by atoms with Gasteiger partial charge in [0.15, 0.2) is 0 Å². The quantitative estimate of drug-likeness (QED) is 0.837. The van der Waals surface area contributed by atoms with Gasteiger partial charge >= 0.3 is 5.97 Å². The number of rotatable bonds is 3. The van der Waals surface area contributed by atoms with Crippen LogP contribution in [0.2, 0.25) is 5.02 Å². The van der Waals surface area contributed by atoms with Gasteiger partial charge in [-0.3, -0.25) is 4.79 Å². The molecule has 1 unspecified atom stereocenters. The second kappa shape index (κ2) is 7.47. The summed E-state index contributed by atoms with van der Waals surface area (Å²) in [6, 6.07) is 4.73. The standard InChI is InChI=1S/C13H15ClN2O3.ClH/c1-19-13(18)10-3-2-9(6-11(10)14)16-12(17)8-4-5-15-7-8;/h2-3,6,8,15H,4-5,7H2,1H3,(H,16,17);1H. The molecule has 1 aromatic carbocycles. The van der Waals surface area contributed by atoms with Crippen molar-refractivity contribution in [3.05, 3.63) is 28.8 Å². The van der Waals surface area contributed by atoms with E-state index in [2.05, 4.69) is 15.4 Å². The Morgan fingerprint density at radius 2 is 2.20 bits per heavy atom. The zero-order valence-electron chi connectivity index (χ0n) is 10.9. The van der Waals surface area contributed by atoms with E-state index in [4.69, 9.17) is 11.6 Å². The van der Waals surface area contributed by atoms with Crippen LogP contribution < -0.4 is 10.6 Å². The van der Waals surface area contributed by atoms with Crippen LogP contribution in [0.25, 0.3) is 0 Å². The minimum absolute atomic E-state index is 0. The summed E-state index contributed by atoms with van der Waals surface area (Å²) >= 11 is 5.98. The van der Waals surface area contributed by atoms with Crippen molar-refractivity contribution in [2.75, 3.05) is 25.5 Å². The number of hydrogen-bond acceptors (Lipinski definition) is 4. The molecule has 1 amide bonds. The summed E-state index contributed by atoms with van der Waals surface area (Å²) in [5.41, 5.74) is 0.860. The largest absolute Gasteiger partial charge is 0.465 e. The van der Waals surface area contributed by atoms with Crippen LogP contribution >= 0.6 is 24.0 Å². The number of benzene rings is 1. The van der Waals surface area contributed by atoms with E-state index in [0.717, 1.165) is 13.0 Å². The van der Waals surface area contributed by atoms with Gasteiger partial charge in [-0.2, -0.15) is 0 Å². The number of ether oxygens (including phenoxy) is 1. The predicted molar refractivity (Wildman–Crippen MR) is 79.6 cm³/mol. The van der Waals surface area contributed by atoms with Gasteiger partial charge < -0.3 is 15.4 Å². The monoisotopic (exact) mass is 318 g/mol. The summed E-state index contributed by atoms with van der Waals surface area (Å²) < 4.78 is 4.60. The zero-order valence-corrected chi connectivity index (χ0v) is 12.5. The summed E-state index contributed by atoms with van der Waals surface area (Å²) in [5, 5.41) is 6.19. The van der Waals surface area contributed by atoms with Gasteiger partial charge in [0.25, 0.3) is 0 Å². The molecular formula is C13H16Cl2N2O3. The fourth-order valence-corrected chi connectivity index (χ4v) is 2.25. The fourth-order valence-electron chi connectivity index (χ4n) is 1.99. The SMILES string of the molecule is COC(=O)c1ccc(NC(=O)C2CCNC2)cc1Cl.Cl. The van der Waals surface area contributed by atoms with Crippen LogP contribution in [0.5, 0.6) is 0 Å². The molecular weight excluding hydrogens is 303 g/mol. The average molecular weight is 319 g/mol. The number of anilines is 1. The molecule has 0 aliphatic carbocycles. The molecule has 1 aromatic rings. The molecule has 0 radical (unpaired) electrons. The Balaban J connectivity index is 0.00000200. The van der Waals surface area contributed by atoms with E-state index >= 15 is 0 Å². The Bertz CT molecular complexity index is 502. The minimum atomic E-state index is -0.497. The molecule has 1 aliphatic heterocycles. The third-order valence-corrected chi connectivity index (χ3v) is 3.39. The van der Waals surface area contributed by atoms with Crippen molar-refractivity contribution in [1.29, 1.82) is 0 Å². The Hall–Kier alpha value is -1.30. The van der Waals surface area contributed by atoms with Crippen molar-refractivity contribution in [2.45, 2.75) is 6.42 Å². The first-order chi connectivity index (χ1) is 9.11. The Morgan fingerprint density at radius 1 is 1.45 bits per heavy atom. The summed E-state index contributed by atoms with van der Waals surface area (Å²) in [4.78, 5) is 23.3. The molecule has 5 nitrogen and oxygen atoms in total. The number of nitrogens with one attached hydrogen (secondary N) is 2. The van der Waals surface area contributed by atoms with Gasteiger partial charge in [0, 0.05) is 12.2 Å². The Morgan fingerprint density at radius 3 is 2.75 bits per heavy atom. The third-order valence-electron chi connectivity index (χ3n) is 3.07. The lowest BCUT2D eigenvalue weighted by Crippen LogP contribution is -2.24. The van der Waals surface area contributed by atoms with Crippen molar-refractivity contribution >= 4 is 41.6 Å². The molecule has 20 heavy (non-hydrogen) atoms. The summed E-state index contributed by atoms with van der Waals surface area (Å²) in [6.07, 6.45) is 0.833. The second-order valence-corrected chi connectivity index (χ2v) is 4.77. The summed E-state index contributed by atoms with van der Waals surface area (Å²) in [6.45, 7) is 1.56. The molecule has 1 saturated heterocycles. The van der Waals surface area contributed by atoms with Gasteiger partial charge in [-0.1, -0.05) is 11.6 Å². The van der Waals surface area contributed by atoms with E-state index in [9.17, 15) is 9.59 Å². The van der Waals surface area contributed by atoms with Crippen molar-refractivity contribution in [3.63, 3.8) is 0 Å². The maximum Gasteiger partial charge on any atom is 0.339 e. The lowest BCUT2D eigenvalue weighted by atomic mass is 10.1. The lowest BCUT2D eigenvalue weighted by Gasteiger charge is -2.11. The molecule has 7 heteroatoms. The first-order valence-electron chi connectivity index (χ1n) is 6.01. The van der Waals surface area contributed by atoms with Crippen LogP contribution in [-0.4, -0.2) is 32.1 Å². The minimum Gasteiger partial charge on any atom is -0.465 e. The topological polar surface area (TPSA) is 67.4 Å². The fraction of sp³-hybridized carbons (Fsp3) is 0.385. The highest BCUT2D eigenvalue weighted by atomic mass is 35.5. The number of carbonyl (C=O) groups excluding carboxylic acids is 2. The predicted octanol–water partition coefficient (Wildman–Crippen LogP) is 2.10. The lowest BCUT2D eigenvalue weighted by molar-refractivity contribution is -0.119. The molecule has 0 spiro atoms. The summed E-state index contributed by atoms with van der Waals surface area (Å²) in [7, 11) is 1.29. The number of esters is 1. The molecule has 110 valence electrons. The molecule has 1 aliphatic rings. The molecule has 0 bridgehead atoms. The maximum atomic E-state index is 11.9. The number of carbonyl (C=O) groups is 2. The van der Waals surface area contributed by atoms with E-state index in [1.165, 1.54) is 13.2 Å². The second-order valence-electron chi connectivity index (χ2n) is 4.37. The molecule has 1 heterocycles. The van der Waals surface area contributed by atoms with Gasteiger partial charge in [-0.15, -0.1) is 12.4 Å². The number of methoxy groups -OCH3 is 1. The summed E-state index contributed by atoms with van der Waals surface area (Å²) in [5.74, 6) is -0.547. The van der Waals surface area contributed by atoms with Crippen molar-refractivity contribution in [1.82, 2.24) is 5.32 Å². The molecule has 1 atom stereocenters. The van der Waals surface area contributed by atoms with E-state index in [1.807, 2.05) is 0 Å². The van der Waals surface area contributed by atoms with E-state index in [-0.39, 0.29) is 34.8 Å². The van der Waals surface area contributed by atoms with E-state index in [1.54, 1.807) is 12.1 Å². The first kappa shape index (κ1) is 16.8. The average Bonchev–Trinajstić information content (AvgIpc) is 2.92. The van der Waals surface area contributed by atoms with Crippen LogP contribution in [0.1, 0.15) is 16.8 Å². The van der Waals surface area contributed by atoms with Crippen molar-refractivity contribution in [3.8, 4) is 0 Å². The molecule has 0 aromatic heterocycles. The van der Waals surface area contributed by atoms with Gasteiger partial charge in [0.2, 0.25) is 5.91 Å². The van der Waals surface area contributed by atoms with Gasteiger partial charge in [-0.05, 0) is 31.2 Å². The smallest absolute Gasteiger partial charge is 0.339 e. The highest BCUT2D eigenvalue weighted by Gasteiger charge is 2.22.